The van der Waals surface area contributed by atoms with Crippen molar-refractivity contribution in [3.8, 4) is 6.07 Å². The van der Waals surface area contributed by atoms with Crippen molar-refractivity contribution in [2.45, 2.75) is 32.4 Å². The summed E-state index contributed by atoms with van der Waals surface area (Å²) < 4.78 is 37.5. The zero-order valence-corrected chi connectivity index (χ0v) is 11.9. The second-order valence-corrected chi connectivity index (χ2v) is 6.09. The number of anilines is 1. The van der Waals surface area contributed by atoms with Gasteiger partial charge in [0, 0.05) is 11.9 Å². The number of hydrogen-bond acceptors (Lipinski definition) is 3. The number of rotatable bonds is 1. The first-order chi connectivity index (χ1) is 9.25. The molecule has 1 atom stereocenters. The number of amides is 1. The van der Waals surface area contributed by atoms with E-state index in [1.54, 1.807) is 0 Å². The lowest BCUT2D eigenvalue weighted by Gasteiger charge is -2.17. The number of alkyl halides is 3. The summed E-state index contributed by atoms with van der Waals surface area (Å²) in [5, 5.41) is 9.31. The van der Waals surface area contributed by atoms with Crippen LogP contribution < -0.4 is 4.90 Å². The smallest absolute Gasteiger partial charge is 0.298 e. The number of carbonyl (C=O) groups is 1. The van der Waals surface area contributed by atoms with E-state index in [0.29, 0.717) is 17.2 Å². The maximum absolute atomic E-state index is 12.5. The molecule has 0 spiro atoms. The van der Waals surface area contributed by atoms with Crippen molar-refractivity contribution in [2.24, 2.45) is 5.92 Å². The number of halogens is 3. The lowest BCUT2D eigenvalue weighted by Crippen LogP contribution is -2.38. The maximum Gasteiger partial charge on any atom is 0.471 e. The quantitative estimate of drug-likeness (QED) is 0.799. The van der Waals surface area contributed by atoms with Gasteiger partial charge in [0.1, 0.15) is 11.1 Å². The summed E-state index contributed by atoms with van der Waals surface area (Å²) in [4.78, 5) is 12.8. The number of thiophene rings is 1. The van der Waals surface area contributed by atoms with Gasteiger partial charge in [-0.05, 0) is 30.7 Å². The van der Waals surface area contributed by atoms with Crippen LogP contribution in [0.3, 0.4) is 0 Å². The molecular formula is C13H13F3N2OS. The molecule has 7 heteroatoms. The molecule has 20 heavy (non-hydrogen) atoms. The van der Waals surface area contributed by atoms with Crippen molar-refractivity contribution in [2.75, 3.05) is 11.9 Å². The number of nitrogens with zero attached hydrogens (tertiary/aromatic N) is 2. The molecular weight excluding hydrogens is 289 g/mol. The maximum atomic E-state index is 12.5. The van der Waals surface area contributed by atoms with Crippen LogP contribution in [-0.4, -0.2) is 19.1 Å². The van der Waals surface area contributed by atoms with Gasteiger partial charge < -0.3 is 0 Å². The molecule has 1 heterocycles. The van der Waals surface area contributed by atoms with Gasteiger partial charge in [0.15, 0.2) is 0 Å². The third-order valence-electron chi connectivity index (χ3n) is 3.46. The van der Waals surface area contributed by atoms with E-state index in [9.17, 15) is 23.2 Å². The van der Waals surface area contributed by atoms with Crippen molar-refractivity contribution in [1.82, 2.24) is 0 Å². The van der Waals surface area contributed by atoms with Gasteiger partial charge in [-0.3, -0.25) is 9.69 Å². The lowest BCUT2D eigenvalue weighted by molar-refractivity contribution is -0.170. The molecule has 0 saturated heterocycles. The predicted molar refractivity (Wildman–Crippen MR) is 69.7 cm³/mol. The van der Waals surface area contributed by atoms with Crippen molar-refractivity contribution in [3.63, 3.8) is 0 Å². The minimum absolute atomic E-state index is 0.105. The molecule has 1 aliphatic carbocycles. The monoisotopic (exact) mass is 302 g/mol. The summed E-state index contributed by atoms with van der Waals surface area (Å²) in [6.07, 6.45) is -2.58. The van der Waals surface area contributed by atoms with Crippen molar-refractivity contribution >= 4 is 22.2 Å². The third kappa shape index (κ3) is 2.52. The Morgan fingerprint density at radius 2 is 2.15 bits per heavy atom. The van der Waals surface area contributed by atoms with E-state index in [1.807, 2.05) is 6.07 Å². The average Bonchev–Trinajstić information content (AvgIpc) is 2.73. The summed E-state index contributed by atoms with van der Waals surface area (Å²) in [5.74, 6) is -1.50. The van der Waals surface area contributed by atoms with E-state index < -0.39 is 12.1 Å². The van der Waals surface area contributed by atoms with Gasteiger partial charge in [-0.2, -0.15) is 18.4 Å². The van der Waals surface area contributed by atoms with E-state index in [4.69, 9.17) is 0 Å². The number of nitriles is 1. The molecule has 1 aromatic heterocycles. The average molecular weight is 302 g/mol. The highest BCUT2D eigenvalue weighted by atomic mass is 32.1. The predicted octanol–water partition coefficient (Wildman–Crippen LogP) is 3.27. The Kier molecular flexibility index (Phi) is 3.78. The Hall–Kier alpha value is -1.55. The van der Waals surface area contributed by atoms with Gasteiger partial charge in [-0.15, -0.1) is 11.3 Å². The molecule has 1 amide bonds. The topological polar surface area (TPSA) is 44.1 Å². The molecule has 0 radical (unpaired) electrons. The van der Waals surface area contributed by atoms with Gasteiger partial charge >= 0.3 is 12.1 Å². The fourth-order valence-corrected chi connectivity index (χ4v) is 3.79. The zero-order valence-electron chi connectivity index (χ0n) is 11.0. The van der Waals surface area contributed by atoms with Crippen LogP contribution in [0, 0.1) is 17.2 Å². The van der Waals surface area contributed by atoms with Crippen LogP contribution in [0.2, 0.25) is 0 Å². The first kappa shape index (κ1) is 14.9. The molecule has 108 valence electrons. The van der Waals surface area contributed by atoms with Crippen LogP contribution in [0.5, 0.6) is 0 Å². The molecule has 0 bridgehead atoms. The van der Waals surface area contributed by atoms with Crippen LogP contribution >= 0.6 is 11.3 Å². The van der Waals surface area contributed by atoms with Gasteiger partial charge in [0.2, 0.25) is 0 Å². The number of hydrogen-bond donors (Lipinski definition) is 0. The lowest BCUT2D eigenvalue weighted by atomic mass is 9.88. The van der Waals surface area contributed by atoms with Crippen LogP contribution in [0.15, 0.2) is 0 Å². The van der Waals surface area contributed by atoms with Gasteiger partial charge in [-0.25, -0.2) is 0 Å². The van der Waals surface area contributed by atoms with Crippen LogP contribution in [0.25, 0.3) is 0 Å². The van der Waals surface area contributed by atoms with Gasteiger partial charge in [0.25, 0.3) is 0 Å². The SMILES string of the molecule is CC1CCc2c(sc(N(C)C(=O)C(F)(F)F)c2C#N)C1. The number of carbonyl (C=O) groups excluding carboxylic acids is 1. The highest BCUT2D eigenvalue weighted by Crippen LogP contribution is 2.41. The summed E-state index contributed by atoms with van der Waals surface area (Å²) in [7, 11) is 1.07. The van der Waals surface area contributed by atoms with Crippen LogP contribution in [-0.2, 0) is 17.6 Å². The molecule has 0 fully saturated rings. The Morgan fingerprint density at radius 1 is 1.50 bits per heavy atom. The Balaban J connectivity index is 2.43. The minimum Gasteiger partial charge on any atom is -0.298 e. The Morgan fingerprint density at radius 3 is 2.70 bits per heavy atom. The van der Waals surface area contributed by atoms with E-state index in [2.05, 4.69) is 6.92 Å². The second-order valence-electron chi connectivity index (χ2n) is 5.01. The summed E-state index contributed by atoms with van der Waals surface area (Å²) in [6, 6.07) is 1.95. The largest absolute Gasteiger partial charge is 0.471 e. The normalized spacial score (nSPS) is 18.3. The number of fused-ring (bicyclic) bond motifs is 1. The highest BCUT2D eigenvalue weighted by molar-refractivity contribution is 7.16. The highest BCUT2D eigenvalue weighted by Gasteiger charge is 2.43. The third-order valence-corrected chi connectivity index (χ3v) is 4.79. The van der Waals surface area contributed by atoms with Gasteiger partial charge in [-0.1, -0.05) is 6.92 Å². The van der Waals surface area contributed by atoms with Crippen molar-refractivity contribution in [1.29, 1.82) is 5.26 Å². The zero-order chi connectivity index (χ0) is 15.1. The molecule has 1 aromatic rings. The Bertz CT molecular complexity index is 586. The fraction of sp³-hybridized carbons (Fsp3) is 0.538. The van der Waals surface area contributed by atoms with E-state index in [0.717, 1.165) is 41.7 Å². The molecule has 0 saturated carbocycles. The molecule has 0 aromatic carbocycles. The fourth-order valence-electron chi connectivity index (χ4n) is 2.37. The van der Waals surface area contributed by atoms with Crippen molar-refractivity contribution in [3.05, 3.63) is 16.0 Å². The summed E-state index contributed by atoms with van der Waals surface area (Å²) in [6.45, 7) is 2.07. The molecule has 2 rings (SSSR count). The second kappa shape index (κ2) is 5.09. The molecule has 0 N–H and O–H groups in total. The van der Waals surface area contributed by atoms with Crippen LogP contribution in [0.4, 0.5) is 18.2 Å². The summed E-state index contributed by atoms with van der Waals surface area (Å²) in [5.41, 5.74) is 1.03. The molecule has 1 aliphatic rings. The standard InChI is InChI=1S/C13H13F3N2OS/c1-7-3-4-8-9(6-17)11(20-10(8)5-7)18(2)12(19)13(14,15)16/h7H,3-5H2,1-2H3. The van der Waals surface area contributed by atoms with Crippen molar-refractivity contribution < 1.29 is 18.0 Å². The minimum atomic E-state index is -4.93. The van der Waals surface area contributed by atoms with Crippen LogP contribution in [0.1, 0.15) is 29.3 Å². The molecule has 1 unspecified atom stereocenters. The Labute approximate surface area is 118 Å². The first-order valence-corrected chi connectivity index (χ1v) is 6.96. The van der Waals surface area contributed by atoms with E-state index in [-0.39, 0.29) is 10.6 Å². The van der Waals surface area contributed by atoms with Gasteiger partial charge in [0.05, 0.1) is 5.56 Å². The van der Waals surface area contributed by atoms with E-state index >= 15 is 0 Å². The first-order valence-electron chi connectivity index (χ1n) is 6.15. The molecule has 0 aliphatic heterocycles. The van der Waals surface area contributed by atoms with E-state index in [1.165, 1.54) is 0 Å². The summed E-state index contributed by atoms with van der Waals surface area (Å²) >= 11 is 1.13. The molecule has 3 nitrogen and oxygen atoms in total.